The molecule has 0 bridgehead atoms. The summed E-state index contributed by atoms with van der Waals surface area (Å²) in [7, 11) is 0. The number of nitro benzene ring substituents is 1. The Bertz CT molecular complexity index is 590. The molecule has 0 saturated carbocycles. The third kappa shape index (κ3) is 3.51. The molecule has 2 rings (SSSR count). The number of nitrogens with zero attached hydrogens (tertiary/aromatic N) is 1. The zero-order chi connectivity index (χ0) is 13.8. The van der Waals surface area contributed by atoms with Gasteiger partial charge in [-0.15, -0.1) is 11.3 Å². The molecule has 0 aliphatic rings. The van der Waals surface area contributed by atoms with Gasteiger partial charge in [-0.2, -0.15) is 0 Å². The molecule has 0 aliphatic heterocycles. The van der Waals surface area contributed by atoms with Crippen molar-refractivity contribution in [2.45, 2.75) is 6.42 Å². The lowest BCUT2D eigenvalue weighted by atomic mass is 10.2. The third-order valence-electron chi connectivity index (χ3n) is 2.50. The van der Waals surface area contributed by atoms with E-state index < -0.39 is 10.7 Å². The Morgan fingerprint density at radius 3 is 2.89 bits per heavy atom. The number of hydrogen-bond donors (Lipinski definition) is 1. The summed E-state index contributed by atoms with van der Waals surface area (Å²) in [5, 5.41) is 15.8. The van der Waals surface area contributed by atoms with Gasteiger partial charge in [-0.3, -0.25) is 10.1 Å². The maximum atomic E-state index is 13.3. The average Bonchev–Trinajstić information content (AvgIpc) is 2.86. The molecule has 0 spiro atoms. The molecule has 0 radical (unpaired) electrons. The van der Waals surface area contributed by atoms with Crippen molar-refractivity contribution in [3.8, 4) is 0 Å². The lowest BCUT2D eigenvalue weighted by Gasteiger charge is -2.07. The SMILES string of the molecule is O=[N+]([O-])c1cc(F)c(Br)cc1NCCc1cccs1. The van der Waals surface area contributed by atoms with Crippen molar-refractivity contribution in [2.75, 3.05) is 11.9 Å². The summed E-state index contributed by atoms with van der Waals surface area (Å²) in [5.41, 5.74) is 0.0571. The highest BCUT2D eigenvalue weighted by Crippen LogP contribution is 2.30. The van der Waals surface area contributed by atoms with Crippen molar-refractivity contribution in [3.63, 3.8) is 0 Å². The second-order valence-corrected chi connectivity index (χ2v) is 5.68. The molecule has 1 aromatic carbocycles. The molecular weight excluding hydrogens is 335 g/mol. The number of benzene rings is 1. The second kappa shape index (κ2) is 6.12. The normalized spacial score (nSPS) is 10.4. The third-order valence-corrected chi connectivity index (χ3v) is 4.05. The van der Waals surface area contributed by atoms with Gasteiger partial charge in [0.1, 0.15) is 11.5 Å². The van der Waals surface area contributed by atoms with E-state index in [1.807, 2.05) is 17.5 Å². The van der Waals surface area contributed by atoms with Crippen molar-refractivity contribution < 1.29 is 9.31 Å². The average molecular weight is 345 g/mol. The molecule has 0 aliphatic carbocycles. The van der Waals surface area contributed by atoms with Gasteiger partial charge in [0, 0.05) is 11.4 Å². The Balaban J connectivity index is 2.10. The van der Waals surface area contributed by atoms with E-state index in [2.05, 4.69) is 21.2 Å². The van der Waals surface area contributed by atoms with E-state index in [4.69, 9.17) is 0 Å². The standard InChI is InChI=1S/C12H10BrFN2O2S/c13-9-6-11(12(16(17)18)7-10(9)14)15-4-3-8-2-1-5-19-8/h1-2,5-7,15H,3-4H2. The van der Waals surface area contributed by atoms with Gasteiger partial charge in [0.25, 0.3) is 5.69 Å². The smallest absolute Gasteiger partial charge is 0.295 e. The molecule has 19 heavy (non-hydrogen) atoms. The fourth-order valence-electron chi connectivity index (χ4n) is 1.60. The largest absolute Gasteiger partial charge is 0.379 e. The molecule has 1 aromatic heterocycles. The minimum atomic E-state index is -0.643. The summed E-state index contributed by atoms with van der Waals surface area (Å²) >= 11 is 4.66. The first-order chi connectivity index (χ1) is 9.08. The quantitative estimate of drug-likeness (QED) is 0.652. The van der Waals surface area contributed by atoms with Crippen LogP contribution in [0.2, 0.25) is 0 Å². The summed E-state index contributed by atoms with van der Waals surface area (Å²) < 4.78 is 13.5. The number of rotatable bonds is 5. The van der Waals surface area contributed by atoms with Crippen LogP contribution in [0.3, 0.4) is 0 Å². The van der Waals surface area contributed by atoms with E-state index in [1.54, 1.807) is 11.3 Å². The van der Waals surface area contributed by atoms with E-state index in [9.17, 15) is 14.5 Å². The van der Waals surface area contributed by atoms with E-state index in [0.29, 0.717) is 12.2 Å². The number of thiophene rings is 1. The Morgan fingerprint density at radius 2 is 2.26 bits per heavy atom. The van der Waals surface area contributed by atoms with Crippen LogP contribution >= 0.6 is 27.3 Å². The Kier molecular flexibility index (Phi) is 4.49. The summed E-state index contributed by atoms with van der Waals surface area (Å²) in [6.07, 6.45) is 0.768. The first-order valence-electron chi connectivity index (χ1n) is 5.47. The first kappa shape index (κ1) is 14.0. The van der Waals surface area contributed by atoms with Gasteiger partial charge in [-0.1, -0.05) is 6.07 Å². The fourth-order valence-corrected chi connectivity index (χ4v) is 2.66. The van der Waals surface area contributed by atoms with Crippen LogP contribution in [0.5, 0.6) is 0 Å². The summed E-state index contributed by atoms with van der Waals surface area (Å²) in [5.74, 6) is -0.643. The minimum Gasteiger partial charge on any atom is -0.379 e. The predicted molar refractivity (Wildman–Crippen MR) is 77.3 cm³/mol. The van der Waals surface area contributed by atoms with Crippen LogP contribution in [0.4, 0.5) is 15.8 Å². The number of hydrogen-bond acceptors (Lipinski definition) is 4. The second-order valence-electron chi connectivity index (χ2n) is 3.80. The van der Waals surface area contributed by atoms with Crippen LogP contribution in [0, 0.1) is 15.9 Å². The van der Waals surface area contributed by atoms with Crippen LogP contribution in [0.1, 0.15) is 4.88 Å². The number of anilines is 1. The molecule has 100 valence electrons. The van der Waals surface area contributed by atoms with Crippen LogP contribution in [-0.2, 0) is 6.42 Å². The van der Waals surface area contributed by atoms with Gasteiger partial charge in [0.05, 0.1) is 15.5 Å². The number of halogens is 2. The monoisotopic (exact) mass is 344 g/mol. The van der Waals surface area contributed by atoms with E-state index in [0.717, 1.165) is 12.5 Å². The van der Waals surface area contributed by atoms with Crippen molar-refractivity contribution in [2.24, 2.45) is 0 Å². The van der Waals surface area contributed by atoms with Gasteiger partial charge < -0.3 is 5.32 Å². The molecule has 2 aromatic rings. The van der Waals surface area contributed by atoms with Crippen LogP contribution in [-0.4, -0.2) is 11.5 Å². The first-order valence-corrected chi connectivity index (χ1v) is 7.15. The maximum Gasteiger partial charge on any atom is 0.295 e. The van der Waals surface area contributed by atoms with Gasteiger partial charge in [0.2, 0.25) is 0 Å². The van der Waals surface area contributed by atoms with Crippen molar-refractivity contribution in [3.05, 3.63) is 54.9 Å². The number of nitrogens with one attached hydrogen (secondary N) is 1. The van der Waals surface area contributed by atoms with Crippen LogP contribution < -0.4 is 5.32 Å². The molecule has 4 nitrogen and oxygen atoms in total. The Morgan fingerprint density at radius 1 is 1.47 bits per heavy atom. The van der Waals surface area contributed by atoms with Gasteiger partial charge in [-0.25, -0.2) is 4.39 Å². The highest BCUT2D eigenvalue weighted by Gasteiger charge is 2.17. The molecule has 0 unspecified atom stereocenters. The highest BCUT2D eigenvalue weighted by molar-refractivity contribution is 9.10. The van der Waals surface area contributed by atoms with Gasteiger partial charge >= 0.3 is 0 Å². The Labute approximate surface area is 121 Å². The summed E-state index contributed by atoms with van der Waals surface area (Å²) in [6.45, 7) is 0.555. The molecule has 1 heterocycles. The van der Waals surface area contributed by atoms with Crippen molar-refractivity contribution in [1.82, 2.24) is 0 Å². The van der Waals surface area contributed by atoms with Crippen LogP contribution in [0.15, 0.2) is 34.1 Å². The molecular formula is C12H10BrFN2O2S. The van der Waals surface area contributed by atoms with Gasteiger partial charge in [-0.05, 0) is 39.9 Å². The van der Waals surface area contributed by atoms with Crippen molar-refractivity contribution in [1.29, 1.82) is 0 Å². The van der Waals surface area contributed by atoms with Crippen molar-refractivity contribution >= 4 is 38.6 Å². The predicted octanol–water partition coefficient (Wildman–Crippen LogP) is 4.21. The van der Waals surface area contributed by atoms with E-state index in [-0.39, 0.29) is 10.2 Å². The zero-order valence-corrected chi connectivity index (χ0v) is 12.1. The molecule has 0 atom stereocenters. The topological polar surface area (TPSA) is 55.2 Å². The lowest BCUT2D eigenvalue weighted by Crippen LogP contribution is -2.06. The number of nitro groups is 1. The zero-order valence-electron chi connectivity index (χ0n) is 9.73. The van der Waals surface area contributed by atoms with E-state index >= 15 is 0 Å². The molecule has 1 N–H and O–H groups in total. The molecule has 7 heteroatoms. The molecule has 0 saturated heterocycles. The molecule has 0 amide bonds. The minimum absolute atomic E-state index is 0.205. The lowest BCUT2D eigenvalue weighted by molar-refractivity contribution is -0.384. The highest BCUT2D eigenvalue weighted by atomic mass is 79.9. The maximum absolute atomic E-state index is 13.3. The summed E-state index contributed by atoms with van der Waals surface area (Å²) in [6, 6.07) is 6.26. The van der Waals surface area contributed by atoms with Gasteiger partial charge in [0.15, 0.2) is 0 Å². The van der Waals surface area contributed by atoms with E-state index in [1.165, 1.54) is 10.9 Å². The Hall–Kier alpha value is -1.47. The van der Waals surface area contributed by atoms with Crippen LogP contribution in [0.25, 0.3) is 0 Å². The summed E-state index contributed by atoms with van der Waals surface area (Å²) in [4.78, 5) is 11.5. The molecule has 0 fully saturated rings. The fraction of sp³-hybridized carbons (Fsp3) is 0.167.